The third-order valence-corrected chi connectivity index (χ3v) is 6.89. The predicted molar refractivity (Wildman–Crippen MR) is 125 cm³/mol. The summed E-state index contributed by atoms with van der Waals surface area (Å²) in [6.45, 7) is 4.04. The molecule has 2 aromatic rings. The van der Waals surface area contributed by atoms with Crippen LogP contribution < -0.4 is 10.6 Å². The summed E-state index contributed by atoms with van der Waals surface area (Å²) < 4.78 is 0. The van der Waals surface area contributed by atoms with Gasteiger partial charge in [0.2, 0.25) is 5.91 Å². The molecule has 2 N–H and O–H groups in total. The molecule has 5 heteroatoms. The summed E-state index contributed by atoms with van der Waals surface area (Å²) in [4.78, 5) is 26.2. The van der Waals surface area contributed by atoms with E-state index in [1.165, 1.54) is 43.9 Å². The number of thioether (sulfide) groups is 1. The van der Waals surface area contributed by atoms with Crippen molar-refractivity contribution in [2.75, 3.05) is 11.1 Å². The number of nitrogens with one attached hydrogen (secondary N) is 2. The van der Waals surface area contributed by atoms with Crippen LogP contribution in [0.3, 0.4) is 0 Å². The molecule has 2 aromatic carbocycles. The number of amides is 2. The molecule has 30 heavy (non-hydrogen) atoms. The highest BCUT2D eigenvalue weighted by Gasteiger charge is 2.17. The van der Waals surface area contributed by atoms with Crippen molar-refractivity contribution in [2.45, 2.75) is 69.7 Å². The second-order valence-corrected chi connectivity index (χ2v) is 9.11. The Labute approximate surface area is 184 Å². The van der Waals surface area contributed by atoms with E-state index in [0.717, 1.165) is 34.6 Å². The van der Waals surface area contributed by atoms with Crippen molar-refractivity contribution >= 4 is 29.3 Å². The van der Waals surface area contributed by atoms with Gasteiger partial charge in [-0.3, -0.25) is 9.59 Å². The summed E-state index contributed by atoms with van der Waals surface area (Å²) in [7, 11) is 0. The maximum absolute atomic E-state index is 12.9. The first-order valence-corrected chi connectivity index (χ1v) is 11.9. The maximum Gasteiger partial charge on any atom is 0.256 e. The van der Waals surface area contributed by atoms with Crippen LogP contribution >= 0.6 is 11.8 Å². The van der Waals surface area contributed by atoms with Gasteiger partial charge in [-0.2, -0.15) is 0 Å². The summed E-state index contributed by atoms with van der Waals surface area (Å²) in [6, 6.07) is 13.7. The van der Waals surface area contributed by atoms with Crippen LogP contribution in [0.1, 0.15) is 66.4 Å². The lowest BCUT2D eigenvalue weighted by atomic mass is 9.97. The van der Waals surface area contributed by atoms with Crippen LogP contribution in [0.25, 0.3) is 0 Å². The molecule has 160 valence electrons. The molecule has 0 aromatic heterocycles. The van der Waals surface area contributed by atoms with Crippen LogP contribution in [-0.2, 0) is 4.79 Å². The molecule has 0 radical (unpaired) electrons. The smallest absolute Gasteiger partial charge is 0.256 e. The standard InChI is InChI=1S/C25H32N2O2S/c1-18-11-10-15-22(19(18)2)27-25(29)21-14-8-9-16-23(21)30-17-24(28)26-20-12-6-4-3-5-7-13-20/h8-11,14-16,20H,3-7,12-13,17H2,1-2H3,(H,26,28)(H,27,29). The number of benzene rings is 2. The van der Waals surface area contributed by atoms with Gasteiger partial charge in [-0.05, 0) is 56.0 Å². The Bertz CT molecular complexity index is 873. The van der Waals surface area contributed by atoms with Crippen molar-refractivity contribution in [3.63, 3.8) is 0 Å². The van der Waals surface area contributed by atoms with Gasteiger partial charge in [0, 0.05) is 16.6 Å². The van der Waals surface area contributed by atoms with E-state index < -0.39 is 0 Å². The molecule has 4 nitrogen and oxygen atoms in total. The van der Waals surface area contributed by atoms with Crippen LogP contribution in [0, 0.1) is 13.8 Å². The molecular formula is C25H32N2O2S. The predicted octanol–water partition coefficient (Wildman–Crippen LogP) is 5.88. The fourth-order valence-electron chi connectivity index (χ4n) is 3.87. The Balaban J connectivity index is 1.60. The van der Waals surface area contributed by atoms with Crippen molar-refractivity contribution < 1.29 is 9.59 Å². The lowest BCUT2D eigenvalue weighted by molar-refractivity contribution is -0.119. The Morgan fingerprint density at radius 2 is 1.63 bits per heavy atom. The number of hydrogen-bond acceptors (Lipinski definition) is 3. The average Bonchev–Trinajstić information content (AvgIpc) is 2.72. The van der Waals surface area contributed by atoms with Crippen molar-refractivity contribution in [1.82, 2.24) is 5.32 Å². The molecule has 3 rings (SSSR count). The van der Waals surface area contributed by atoms with Crippen molar-refractivity contribution in [2.24, 2.45) is 0 Å². The zero-order valence-corrected chi connectivity index (χ0v) is 18.8. The highest BCUT2D eigenvalue weighted by molar-refractivity contribution is 8.00. The van der Waals surface area contributed by atoms with E-state index in [4.69, 9.17) is 0 Å². The summed E-state index contributed by atoms with van der Waals surface area (Å²) in [5.74, 6) is 0.229. The van der Waals surface area contributed by atoms with E-state index in [1.807, 2.05) is 56.3 Å². The van der Waals surface area contributed by atoms with Crippen molar-refractivity contribution in [3.05, 3.63) is 59.2 Å². The molecule has 0 spiro atoms. The fourth-order valence-corrected chi connectivity index (χ4v) is 4.73. The van der Waals surface area contributed by atoms with E-state index in [-0.39, 0.29) is 11.8 Å². The van der Waals surface area contributed by atoms with E-state index >= 15 is 0 Å². The SMILES string of the molecule is Cc1cccc(NC(=O)c2ccccc2SCC(=O)NC2CCCCCCC2)c1C. The number of carbonyl (C=O) groups excluding carboxylic acids is 2. The number of hydrogen-bond donors (Lipinski definition) is 2. The second kappa shape index (κ2) is 11.2. The van der Waals surface area contributed by atoms with Crippen molar-refractivity contribution in [1.29, 1.82) is 0 Å². The molecule has 0 aliphatic heterocycles. The third kappa shape index (κ3) is 6.36. The average molecular weight is 425 g/mol. The first kappa shape index (κ1) is 22.4. The minimum atomic E-state index is -0.146. The lowest BCUT2D eigenvalue weighted by Crippen LogP contribution is -2.36. The highest BCUT2D eigenvalue weighted by atomic mass is 32.2. The van der Waals surface area contributed by atoms with E-state index in [9.17, 15) is 9.59 Å². The summed E-state index contributed by atoms with van der Waals surface area (Å²) >= 11 is 1.43. The molecule has 0 atom stereocenters. The highest BCUT2D eigenvalue weighted by Crippen LogP contribution is 2.25. The van der Waals surface area contributed by atoms with Gasteiger partial charge in [0.25, 0.3) is 5.91 Å². The Hall–Kier alpha value is -2.27. The van der Waals surface area contributed by atoms with Crippen LogP contribution in [0.15, 0.2) is 47.4 Å². The van der Waals surface area contributed by atoms with Gasteiger partial charge < -0.3 is 10.6 Å². The monoisotopic (exact) mass is 424 g/mol. The Kier molecular flexibility index (Phi) is 8.38. The van der Waals surface area contributed by atoms with E-state index in [0.29, 0.717) is 17.4 Å². The summed E-state index contributed by atoms with van der Waals surface area (Å²) in [6.07, 6.45) is 8.39. The molecule has 0 heterocycles. The first-order chi connectivity index (χ1) is 14.5. The zero-order valence-electron chi connectivity index (χ0n) is 18.0. The molecule has 1 aliphatic carbocycles. The maximum atomic E-state index is 12.9. The minimum absolute atomic E-state index is 0.0512. The van der Waals surface area contributed by atoms with Gasteiger partial charge in [0.05, 0.1) is 11.3 Å². The molecule has 2 amide bonds. The van der Waals surface area contributed by atoms with Crippen molar-refractivity contribution in [3.8, 4) is 0 Å². The third-order valence-electron chi connectivity index (χ3n) is 5.81. The largest absolute Gasteiger partial charge is 0.353 e. The summed E-state index contributed by atoms with van der Waals surface area (Å²) in [5, 5.41) is 6.22. The molecule has 1 fully saturated rings. The van der Waals surface area contributed by atoms with E-state index in [2.05, 4.69) is 10.6 Å². The number of carbonyl (C=O) groups is 2. The van der Waals surface area contributed by atoms with E-state index in [1.54, 1.807) is 0 Å². The number of anilines is 1. The van der Waals surface area contributed by atoms with Crippen LogP contribution in [0.2, 0.25) is 0 Å². The number of aryl methyl sites for hydroxylation is 1. The van der Waals surface area contributed by atoms with Gasteiger partial charge in [-0.15, -0.1) is 11.8 Å². The van der Waals surface area contributed by atoms with Crippen LogP contribution in [-0.4, -0.2) is 23.6 Å². The normalized spacial score (nSPS) is 15.1. The lowest BCUT2D eigenvalue weighted by Gasteiger charge is -2.21. The first-order valence-electron chi connectivity index (χ1n) is 10.9. The van der Waals surface area contributed by atoms with Gasteiger partial charge >= 0.3 is 0 Å². The molecule has 1 saturated carbocycles. The van der Waals surface area contributed by atoms with Crippen LogP contribution in [0.5, 0.6) is 0 Å². The minimum Gasteiger partial charge on any atom is -0.353 e. The Morgan fingerprint density at radius 1 is 0.933 bits per heavy atom. The zero-order chi connectivity index (χ0) is 21.3. The number of rotatable bonds is 6. The topological polar surface area (TPSA) is 58.2 Å². The molecule has 0 unspecified atom stereocenters. The van der Waals surface area contributed by atoms with Gasteiger partial charge in [0.15, 0.2) is 0 Å². The molecule has 1 aliphatic rings. The fraction of sp³-hybridized carbons (Fsp3) is 0.440. The second-order valence-electron chi connectivity index (χ2n) is 8.10. The van der Waals surface area contributed by atoms with Gasteiger partial charge in [-0.1, -0.05) is 56.4 Å². The molecule has 0 saturated heterocycles. The van der Waals surface area contributed by atoms with Crippen LogP contribution in [0.4, 0.5) is 5.69 Å². The quantitative estimate of drug-likeness (QED) is 0.570. The Morgan fingerprint density at radius 3 is 2.40 bits per heavy atom. The summed E-state index contributed by atoms with van der Waals surface area (Å²) in [5.41, 5.74) is 3.62. The molecule has 0 bridgehead atoms. The van der Waals surface area contributed by atoms with Gasteiger partial charge in [0.1, 0.15) is 0 Å². The molecular weight excluding hydrogens is 392 g/mol. The van der Waals surface area contributed by atoms with Gasteiger partial charge in [-0.25, -0.2) is 0 Å².